The van der Waals surface area contributed by atoms with Crippen molar-refractivity contribution in [1.29, 1.82) is 0 Å². The fourth-order valence-corrected chi connectivity index (χ4v) is 3.70. The lowest BCUT2D eigenvalue weighted by Gasteiger charge is -2.43. The monoisotopic (exact) mass is 393 g/mol. The molecule has 1 saturated carbocycles. The Hall–Kier alpha value is -2.81. The number of esters is 2. The Morgan fingerprint density at radius 1 is 1.18 bits per heavy atom. The fraction of sp³-hybridized carbons (Fsp3) is 0.526. The van der Waals surface area contributed by atoms with E-state index in [1.807, 2.05) is 0 Å². The predicted octanol–water partition coefficient (Wildman–Crippen LogP) is 1.76. The first kappa shape index (κ1) is 21.5. The first-order chi connectivity index (χ1) is 13.1. The van der Waals surface area contributed by atoms with Gasteiger partial charge in [-0.25, -0.2) is 0 Å². The molecule has 4 atom stereocenters. The number of non-ortho nitro benzene ring substituents is 1. The van der Waals surface area contributed by atoms with Crippen LogP contribution in [0.3, 0.4) is 0 Å². The molecule has 28 heavy (non-hydrogen) atoms. The first-order valence-corrected chi connectivity index (χ1v) is 8.96. The van der Waals surface area contributed by atoms with E-state index in [2.05, 4.69) is 0 Å². The SMILES string of the molecule is CCOC(=O)[C@@H]1C(=O)C[C@](C)(O)[C@@H](C(=O)OCC)[C@H]1c1ccc([N+](=O)[O-])cc1. The Morgan fingerprint density at radius 3 is 2.21 bits per heavy atom. The number of benzene rings is 1. The highest BCUT2D eigenvalue weighted by molar-refractivity contribution is 6.02. The van der Waals surface area contributed by atoms with E-state index < -0.39 is 52.4 Å². The number of nitro benzene ring substituents is 1. The van der Waals surface area contributed by atoms with Crippen molar-refractivity contribution in [3.05, 3.63) is 39.9 Å². The van der Waals surface area contributed by atoms with Crippen LogP contribution in [-0.2, 0) is 23.9 Å². The first-order valence-electron chi connectivity index (χ1n) is 8.96. The van der Waals surface area contributed by atoms with Crippen LogP contribution in [0.5, 0.6) is 0 Å². The van der Waals surface area contributed by atoms with Crippen molar-refractivity contribution in [2.45, 2.75) is 38.7 Å². The summed E-state index contributed by atoms with van der Waals surface area (Å²) in [6.07, 6.45) is -0.413. The van der Waals surface area contributed by atoms with Crippen LogP contribution >= 0.6 is 0 Å². The summed E-state index contributed by atoms with van der Waals surface area (Å²) in [5.41, 5.74) is -1.60. The van der Waals surface area contributed by atoms with Gasteiger partial charge in [-0.3, -0.25) is 24.5 Å². The number of carbonyl (C=O) groups is 3. The molecule has 0 spiro atoms. The third-order valence-corrected chi connectivity index (χ3v) is 4.84. The molecular formula is C19H23NO8. The van der Waals surface area contributed by atoms with Gasteiger partial charge in [-0.15, -0.1) is 0 Å². The van der Waals surface area contributed by atoms with Gasteiger partial charge in [0.25, 0.3) is 5.69 Å². The maximum absolute atomic E-state index is 12.7. The van der Waals surface area contributed by atoms with Gasteiger partial charge in [0.2, 0.25) is 0 Å². The van der Waals surface area contributed by atoms with Crippen LogP contribution in [0.15, 0.2) is 24.3 Å². The van der Waals surface area contributed by atoms with Crippen LogP contribution in [0.1, 0.15) is 38.7 Å². The van der Waals surface area contributed by atoms with Crippen molar-refractivity contribution in [1.82, 2.24) is 0 Å². The van der Waals surface area contributed by atoms with Crippen LogP contribution in [0, 0.1) is 22.0 Å². The van der Waals surface area contributed by atoms with Crippen LogP contribution in [0.4, 0.5) is 5.69 Å². The molecule has 0 saturated heterocycles. The molecule has 1 N–H and O–H groups in total. The summed E-state index contributed by atoms with van der Waals surface area (Å²) in [4.78, 5) is 48.2. The number of nitro groups is 1. The standard InChI is InChI=1S/C19H23NO8/c1-4-27-17(22)15-13(21)10-19(3,24)16(18(23)28-5-2)14(15)11-6-8-12(9-7-11)20(25)26/h6-9,14-16,24H,4-5,10H2,1-3H3/t14-,15+,16+,19-/m0/s1. The molecule has 0 unspecified atom stereocenters. The fourth-order valence-electron chi connectivity index (χ4n) is 3.70. The number of hydrogen-bond acceptors (Lipinski definition) is 8. The Labute approximate surface area is 161 Å². The third-order valence-electron chi connectivity index (χ3n) is 4.84. The average Bonchev–Trinajstić information content (AvgIpc) is 2.60. The van der Waals surface area contributed by atoms with E-state index >= 15 is 0 Å². The topological polar surface area (TPSA) is 133 Å². The summed E-state index contributed by atoms with van der Waals surface area (Å²) in [5.74, 6) is -5.74. The molecule has 0 aliphatic heterocycles. The number of ether oxygens (including phenoxy) is 2. The van der Waals surface area contributed by atoms with Crippen LogP contribution in [-0.4, -0.2) is 46.6 Å². The molecule has 0 heterocycles. The molecule has 9 heteroatoms. The van der Waals surface area contributed by atoms with Crippen molar-refractivity contribution in [2.75, 3.05) is 13.2 Å². The lowest BCUT2D eigenvalue weighted by molar-refractivity contribution is -0.384. The van der Waals surface area contributed by atoms with Gasteiger partial charge in [-0.05, 0) is 26.3 Å². The summed E-state index contributed by atoms with van der Waals surface area (Å²) in [7, 11) is 0. The van der Waals surface area contributed by atoms with Gasteiger partial charge in [0.1, 0.15) is 5.92 Å². The van der Waals surface area contributed by atoms with E-state index in [-0.39, 0.29) is 18.9 Å². The molecule has 1 aliphatic carbocycles. The van der Waals surface area contributed by atoms with Crippen LogP contribution in [0.25, 0.3) is 0 Å². The average molecular weight is 393 g/mol. The maximum atomic E-state index is 12.7. The van der Waals surface area contributed by atoms with Crippen molar-refractivity contribution in [2.24, 2.45) is 11.8 Å². The summed E-state index contributed by atoms with van der Waals surface area (Å²) < 4.78 is 10.1. The molecule has 1 aromatic carbocycles. The number of aliphatic hydroxyl groups is 1. The van der Waals surface area contributed by atoms with Gasteiger partial charge in [0.05, 0.1) is 29.7 Å². The highest BCUT2D eigenvalue weighted by Gasteiger charge is 2.57. The minimum atomic E-state index is -1.75. The van der Waals surface area contributed by atoms with Gasteiger partial charge in [0, 0.05) is 24.5 Å². The van der Waals surface area contributed by atoms with E-state index in [0.717, 1.165) is 0 Å². The smallest absolute Gasteiger partial charge is 0.317 e. The number of carbonyl (C=O) groups excluding carboxylic acids is 3. The number of nitrogens with zero attached hydrogens (tertiary/aromatic N) is 1. The second-order valence-electron chi connectivity index (χ2n) is 6.83. The number of Topliss-reactive ketones (excluding diaryl/α,β-unsaturated/α-hetero) is 1. The zero-order valence-corrected chi connectivity index (χ0v) is 15.9. The lowest BCUT2D eigenvalue weighted by Crippen LogP contribution is -2.55. The summed E-state index contributed by atoms with van der Waals surface area (Å²) >= 11 is 0. The Bertz CT molecular complexity index is 771. The number of ketones is 1. The van der Waals surface area contributed by atoms with Crippen molar-refractivity contribution in [3.8, 4) is 0 Å². The van der Waals surface area contributed by atoms with Gasteiger partial charge in [-0.1, -0.05) is 12.1 Å². The zero-order chi connectivity index (χ0) is 21.1. The molecule has 0 bridgehead atoms. The van der Waals surface area contributed by atoms with Crippen LogP contribution < -0.4 is 0 Å². The minimum absolute atomic E-state index is 0.0378. The summed E-state index contributed by atoms with van der Waals surface area (Å²) in [6, 6.07) is 5.17. The zero-order valence-electron chi connectivity index (χ0n) is 15.9. The maximum Gasteiger partial charge on any atom is 0.317 e. The lowest BCUT2D eigenvalue weighted by atomic mass is 9.61. The van der Waals surface area contributed by atoms with Crippen molar-refractivity contribution < 1.29 is 33.9 Å². The molecule has 2 rings (SSSR count). The van der Waals surface area contributed by atoms with E-state index in [4.69, 9.17) is 9.47 Å². The molecule has 1 aromatic rings. The van der Waals surface area contributed by atoms with E-state index in [0.29, 0.717) is 5.56 Å². The highest BCUT2D eigenvalue weighted by Crippen LogP contribution is 2.46. The largest absolute Gasteiger partial charge is 0.466 e. The van der Waals surface area contributed by atoms with Crippen molar-refractivity contribution in [3.63, 3.8) is 0 Å². The third kappa shape index (κ3) is 4.19. The quantitative estimate of drug-likeness (QED) is 0.334. The van der Waals surface area contributed by atoms with E-state index in [9.17, 15) is 29.6 Å². The normalized spacial score (nSPS) is 27.1. The molecule has 0 amide bonds. The second kappa shape index (κ2) is 8.47. The van der Waals surface area contributed by atoms with Gasteiger partial charge >= 0.3 is 11.9 Å². The Kier molecular flexibility index (Phi) is 6.50. The number of rotatable bonds is 6. The summed E-state index contributed by atoms with van der Waals surface area (Å²) in [6.45, 7) is 4.62. The van der Waals surface area contributed by atoms with Gasteiger partial charge in [-0.2, -0.15) is 0 Å². The molecule has 1 aliphatic rings. The van der Waals surface area contributed by atoms with Gasteiger partial charge in [0.15, 0.2) is 5.78 Å². The van der Waals surface area contributed by atoms with Crippen molar-refractivity contribution >= 4 is 23.4 Å². The van der Waals surface area contributed by atoms with Crippen LogP contribution in [0.2, 0.25) is 0 Å². The predicted molar refractivity (Wildman–Crippen MR) is 96.3 cm³/mol. The van der Waals surface area contributed by atoms with E-state index in [1.165, 1.54) is 31.2 Å². The Morgan fingerprint density at radius 2 is 1.71 bits per heavy atom. The molecule has 152 valence electrons. The van der Waals surface area contributed by atoms with Gasteiger partial charge < -0.3 is 14.6 Å². The summed E-state index contributed by atoms with van der Waals surface area (Å²) in [5, 5.41) is 21.7. The highest BCUT2D eigenvalue weighted by atomic mass is 16.6. The van der Waals surface area contributed by atoms with E-state index in [1.54, 1.807) is 13.8 Å². The molecule has 0 aromatic heterocycles. The Balaban J connectivity index is 2.61. The molecular weight excluding hydrogens is 370 g/mol. The molecule has 0 radical (unpaired) electrons. The number of hydrogen-bond donors (Lipinski definition) is 1. The second-order valence-corrected chi connectivity index (χ2v) is 6.83. The molecule has 1 fully saturated rings. The minimum Gasteiger partial charge on any atom is -0.466 e. The molecule has 9 nitrogen and oxygen atoms in total.